The van der Waals surface area contributed by atoms with Gasteiger partial charge in [0.15, 0.2) is 6.61 Å². The molecule has 0 bridgehead atoms. The average molecular weight is 430 g/mol. The van der Waals surface area contributed by atoms with Crippen LogP contribution in [0.5, 0.6) is 5.75 Å². The lowest BCUT2D eigenvalue weighted by Gasteiger charge is -2.11. The van der Waals surface area contributed by atoms with Crippen molar-refractivity contribution in [2.45, 2.75) is 27.2 Å². The van der Waals surface area contributed by atoms with Crippen LogP contribution in [0.4, 0.5) is 5.69 Å². The third-order valence-corrected chi connectivity index (χ3v) is 4.76. The fourth-order valence-corrected chi connectivity index (χ4v) is 3.22. The highest BCUT2D eigenvalue weighted by Gasteiger charge is 2.10. The molecule has 6 nitrogen and oxygen atoms in total. The summed E-state index contributed by atoms with van der Waals surface area (Å²) in [4.78, 5) is 24.5. The van der Waals surface area contributed by atoms with Crippen LogP contribution in [0.3, 0.4) is 0 Å². The quantitative estimate of drug-likeness (QED) is 0.396. The maximum atomic E-state index is 12.5. The first-order valence-corrected chi connectivity index (χ1v) is 10.4. The molecule has 0 radical (unpaired) electrons. The monoisotopic (exact) mass is 429 g/mol. The number of aryl methyl sites for hydroxylation is 2. The van der Waals surface area contributed by atoms with Crippen molar-refractivity contribution >= 4 is 23.2 Å². The van der Waals surface area contributed by atoms with Crippen LogP contribution in [0.25, 0.3) is 11.1 Å². The SMILES string of the molecule is CC(CC(=O)Nc1ccccc1-c1ccccc1)=NNC(=O)COc1ccc(C)cc1C. The first kappa shape index (κ1) is 22.7. The second-order valence-corrected chi connectivity index (χ2v) is 7.58. The summed E-state index contributed by atoms with van der Waals surface area (Å²) in [5.41, 5.74) is 7.69. The Morgan fingerprint density at radius 3 is 2.38 bits per heavy atom. The smallest absolute Gasteiger partial charge is 0.277 e. The fraction of sp³-hybridized carbons (Fsp3) is 0.192. The molecule has 2 N–H and O–H groups in total. The molecule has 3 rings (SSSR count). The Kier molecular flexibility index (Phi) is 7.75. The fourth-order valence-electron chi connectivity index (χ4n) is 3.22. The average Bonchev–Trinajstić information content (AvgIpc) is 2.78. The molecule has 32 heavy (non-hydrogen) atoms. The van der Waals surface area contributed by atoms with Crippen molar-refractivity contribution in [1.29, 1.82) is 0 Å². The first-order valence-electron chi connectivity index (χ1n) is 10.4. The van der Waals surface area contributed by atoms with Crippen LogP contribution in [0.2, 0.25) is 0 Å². The Hall–Kier alpha value is -3.93. The van der Waals surface area contributed by atoms with Crippen LogP contribution >= 0.6 is 0 Å². The lowest BCUT2D eigenvalue weighted by Crippen LogP contribution is -2.26. The predicted octanol–water partition coefficient (Wildman–Crippen LogP) is 4.87. The van der Waals surface area contributed by atoms with Crippen molar-refractivity contribution in [2.75, 3.05) is 11.9 Å². The Balaban J connectivity index is 1.52. The van der Waals surface area contributed by atoms with E-state index < -0.39 is 0 Å². The number of nitrogens with zero attached hydrogens (tertiary/aromatic N) is 1. The maximum Gasteiger partial charge on any atom is 0.277 e. The zero-order chi connectivity index (χ0) is 22.9. The Bertz CT molecular complexity index is 1120. The number of anilines is 1. The summed E-state index contributed by atoms with van der Waals surface area (Å²) in [6.07, 6.45) is 0.0569. The summed E-state index contributed by atoms with van der Waals surface area (Å²) in [5.74, 6) is 0.0532. The second kappa shape index (κ2) is 10.9. The number of hydrazone groups is 1. The molecule has 0 aromatic heterocycles. The van der Waals surface area contributed by atoms with Crippen molar-refractivity contribution in [2.24, 2.45) is 5.10 Å². The lowest BCUT2D eigenvalue weighted by atomic mass is 10.0. The first-order chi connectivity index (χ1) is 15.4. The number of nitrogens with one attached hydrogen (secondary N) is 2. The van der Waals surface area contributed by atoms with Gasteiger partial charge in [-0.05, 0) is 44.0 Å². The van der Waals surface area contributed by atoms with Crippen molar-refractivity contribution in [3.05, 3.63) is 83.9 Å². The van der Waals surface area contributed by atoms with Crippen LogP contribution < -0.4 is 15.5 Å². The Labute approximate surface area is 188 Å². The minimum Gasteiger partial charge on any atom is -0.483 e. The van der Waals surface area contributed by atoms with Crippen LogP contribution in [0.1, 0.15) is 24.5 Å². The molecule has 0 fully saturated rings. The molecule has 164 valence electrons. The maximum absolute atomic E-state index is 12.5. The second-order valence-electron chi connectivity index (χ2n) is 7.58. The molecule has 0 spiro atoms. The molecule has 3 aromatic carbocycles. The van der Waals surface area contributed by atoms with Crippen LogP contribution in [-0.2, 0) is 9.59 Å². The van der Waals surface area contributed by atoms with E-state index in [0.717, 1.165) is 27.9 Å². The Morgan fingerprint density at radius 2 is 1.62 bits per heavy atom. The highest BCUT2D eigenvalue weighted by Crippen LogP contribution is 2.27. The summed E-state index contributed by atoms with van der Waals surface area (Å²) < 4.78 is 5.54. The molecule has 6 heteroatoms. The van der Waals surface area contributed by atoms with E-state index in [1.165, 1.54) is 0 Å². The predicted molar refractivity (Wildman–Crippen MR) is 128 cm³/mol. The van der Waals surface area contributed by atoms with E-state index >= 15 is 0 Å². The van der Waals surface area contributed by atoms with Crippen molar-refractivity contribution in [1.82, 2.24) is 5.43 Å². The van der Waals surface area contributed by atoms with E-state index in [9.17, 15) is 9.59 Å². The molecule has 2 amide bonds. The number of carbonyl (C=O) groups is 2. The number of hydrogen-bond donors (Lipinski definition) is 2. The minimum absolute atomic E-state index is 0.0569. The molecule has 0 aliphatic heterocycles. The summed E-state index contributed by atoms with van der Waals surface area (Å²) in [6, 6.07) is 23.2. The van der Waals surface area contributed by atoms with Gasteiger partial charge in [-0.15, -0.1) is 0 Å². The normalized spacial score (nSPS) is 11.0. The zero-order valence-corrected chi connectivity index (χ0v) is 18.5. The van der Waals surface area contributed by atoms with E-state index in [4.69, 9.17) is 4.74 Å². The standard InChI is InChI=1S/C26H27N3O3/c1-18-13-14-24(19(2)15-18)32-17-26(31)29-28-20(3)16-25(30)27-23-12-8-7-11-22(23)21-9-5-4-6-10-21/h4-15H,16-17H2,1-3H3,(H,27,30)(H,29,31). The third kappa shape index (κ3) is 6.54. The number of carbonyl (C=O) groups excluding carboxylic acids is 2. The van der Waals surface area contributed by atoms with Gasteiger partial charge in [0, 0.05) is 17.0 Å². The van der Waals surface area contributed by atoms with E-state index in [1.807, 2.05) is 86.6 Å². The topological polar surface area (TPSA) is 79.8 Å². The number of rotatable bonds is 8. The molecule has 0 atom stereocenters. The van der Waals surface area contributed by atoms with Gasteiger partial charge in [0.2, 0.25) is 5.91 Å². The lowest BCUT2D eigenvalue weighted by molar-refractivity contribution is -0.123. The third-order valence-electron chi connectivity index (χ3n) is 4.76. The van der Waals surface area contributed by atoms with Crippen LogP contribution in [-0.4, -0.2) is 24.1 Å². The molecule has 3 aromatic rings. The number of amides is 2. The molecule has 0 saturated heterocycles. The number of para-hydroxylation sites is 1. The van der Waals surface area contributed by atoms with Crippen LogP contribution in [0.15, 0.2) is 77.9 Å². The highest BCUT2D eigenvalue weighted by molar-refractivity contribution is 6.07. The van der Waals surface area contributed by atoms with Crippen LogP contribution in [0, 0.1) is 13.8 Å². The van der Waals surface area contributed by atoms with Crippen molar-refractivity contribution in [3.8, 4) is 16.9 Å². The van der Waals surface area contributed by atoms with Gasteiger partial charge < -0.3 is 10.1 Å². The Morgan fingerprint density at radius 1 is 0.906 bits per heavy atom. The van der Waals surface area contributed by atoms with E-state index in [0.29, 0.717) is 11.5 Å². The molecule has 0 saturated carbocycles. The van der Waals surface area contributed by atoms with Gasteiger partial charge in [-0.1, -0.05) is 66.2 Å². The molecular weight excluding hydrogens is 402 g/mol. The van der Waals surface area contributed by atoms with Gasteiger partial charge >= 0.3 is 0 Å². The molecule has 0 aliphatic carbocycles. The summed E-state index contributed by atoms with van der Waals surface area (Å²) in [5, 5.41) is 6.94. The largest absolute Gasteiger partial charge is 0.483 e. The molecule has 0 unspecified atom stereocenters. The van der Waals surface area contributed by atoms with E-state index in [2.05, 4.69) is 15.8 Å². The van der Waals surface area contributed by atoms with Gasteiger partial charge in [-0.2, -0.15) is 5.10 Å². The number of benzene rings is 3. The summed E-state index contributed by atoms with van der Waals surface area (Å²) in [6.45, 7) is 5.46. The number of hydrogen-bond acceptors (Lipinski definition) is 4. The summed E-state index contributed by atoms with van der Waals surface area (Å²) >= 11 is 0. The number of ether oxygens (including phenoxy) is 1. The zero-order valence-electron chi connectivity index (χ0n) is 18.5. The highest BCUT2D eigenvalue weighted by atomic mass is 16.5. The van der Waals surface area contributed by atoms with Gasteiger partial charge in [0.25, 0.3) is 5.91 Å². The van der Waals surface area contributed by atoms with E-state index in [1.54, 1.807) is 6.92 Å². The van der Waals surface area contributed by atoms with Gasteiger partial charge in [0.1, 0.15) is 5.75 Å². The van der Waals surface area contributed by atoms with Crippen molar-refractivity contribution < 1.29 is 14.3 Å². The molecule has 0 heterocycles. The minimum atomic E-state index is -0.390. The van der Waals surface area contributed by atoms with Crippen molar-refractivity contribution in [3.63, 3.8) is 0 Å². The van der Waals surface area contributed by atoms with Gasteiger partial charge in [-0.3, -0.25) is 9.59 Å². The summed E-state index contributed by atoms with van der Waals surface area (Å²) in [7, 11) is 0. The molecular formula is C26H27N3O3. The van der Waals surface area contributed by atoms with Gasteiger partial charge in [-0.25, -0.2) is 5.43 Å². The molecule has 0 aliphatic rings. The van der Waals surface area contributed by atoms with Gasteiger partial charge in [0.05, 0.1) is 6.42 Å². The van der Waals surface area contributed by atoms with E-state index in [-0.39, 0.29) is 24.8 Å².